The number of aromatic hydroxyl groups is 2. The number of nitro groups is 1. The van der Waals surface area contributed by atoms with Crippen molar-refractivity contribution in [2.75, 3.05) is 0 Å². The second kappa shape index (κ2) is 10.4. The van der Waals surface area contributed by atoms with Gasteiger partial charge in [0.1, 0.15) is 17.1 Å². The molecule has 0 aliphatic carbocycles. The second-order valence-corrected chi connectivity index (χ2v) is 8.41. The average Bonchev–Trinajstić information content (AvgIpc) is 2.71. The Balaban J connectivity index is 0.00000385. The molecule has 0 aliphatic rings. The maximum Gasteiger partial charge on any atom is 0.294 e. The number of hydrogen-bond acceptors (Lipinski definition) is 12. The summed E-state index contributed by atoms with van der Waals surface area (Å²) in [6.45, 7) is 1.48. The van der Waals surface area contributed by atoms with Crippen LogP contribution in [0.4, 0.5) is 17.1 Å². The zero-order valence-electron chi connectivity index (χ0n) is 16.3. The van der Waals surface area contributed by atoms with Crippen molar-refractivity contribution in [3.05, 3.63) is 52.1 Å². The van der Waals surface area contributed by atoms with E-state index in [1.807, 2.05) is 0 Å². The fraction of sp³-hybridized carbons (Fsp3) is 0.0588. The Hall–Kier alpha value is -2.81. The van der Waals surface area contributed by atoms with E-state index in [0.29, 0.717) is 12.0 Å². The largest absolute Gasteiger partial charge is 0.506 e. The van der Waals surface area contributed by atoms with Crippen LogP contribution < -0.4 is 0 Å². The molecule has 0 atom stereocenters. The predicted octanol–water partition coefficient (Wildman–Crippen LogP) is 4.56. The van der Waals surface area contributed by atoms with Crippen LogP contribution in [-0.2, 0) is 36.9 Å². The van der Waals surface area contributed by atoms with Crippen molar-refractivity contribution >= 4 is 50.0 Å². The molecule has 3 rings (SSSR count). The molecule has 0 aromatic heterocycles. The Morgan fingerprint density at radius 1 is 1.12 bits per heavy atom. The van der Waals surface area contributed by atoms with E-state index >= 15 is 0 Å². The van der Waals surface area contributed by atoms with Gasteiger partial charge in [-0.15, -0.1) is 14.6 Å². The molecule has 3 aromatic rings. The topological polar surface area (TPSA) is 201 Å². The van der Waals surface area contributed by atoms with Gasteiger partial charge in [0.05, 0.1) is 26.8 Å². The second-order valence-electron chi connectivity index (χ2n) is 6.24. The summed E-state index contributed by atoms with van der Waals surface area (Å²) in [6.07, 6.45) is 0. The fourth-order valence-electron chi connectivity index (χ4n) is 2.83. The quantitative estimate of drug-likeness (QED) is 0.0825. The average molecular weight is 535 g/mol. The van der Waals surface area contributed by atoms with E-state index in [2.05, 4.69) is 19.6 Å². The predicted molar refractivity (Wildman–Crippen MR) is 110 cm³/mol. The first-order chi connectivity index (χ1) is 15.0. The van der Waals surface area contributed by atoms with Crippen molar-refractivity contribution in [2.45, 2.75) is 16.7 Å². The van der Waals surface area contributed by atoms with Gasteiger partial charge in [0.25, 0.3) is 15.8 Å². The van der Waals surface area contributed by atoms with E-state index < -0.39 is 31.4 Å². The van der Waals surface area contributed by atoms with E-state index in [0.717, 1.165) is 30.3 Å². The number of non-ortho nitro benzene ring substituents is 1. The van der Waals surface area contributed by atoms with Gasteiger partial charge >= 0.3 is 0 Å². The maximum absolute atomic E-state index is 11.5. The summed E-state index contributed by atoms with van der Waals surface area (Å²) in [5.74, 6) is -0.905. The van der Waals surface area contributed by atoms with Crippen molar-refractivity contribution in [3.63, 3.8) is 0 Å². The SMILES string of the molecule is Cc1cc(S(=O)(=O)O)cc2cc(SOOO)c(N=Nc3cc([N+](=O)[O-])ccc3O)c(O)c12.[Cr]. The molecule has 0 heterocycles. The normalized spacial score (nSPS) is 11.6. The summed E-state index contributed by atoms with van der Waals surface area (Å²) < 4.78 is 36.7. The van der Waals surface area contributed by atoms with Crippen LogP contribution >= 0.6 is 12.0 Å². The number of phenols is 2. The summed E-state index contributed by atoms with van der Waals surface area (Å²) >= 11 is 0.374. The zero-order chi connectivity index (χ0) is 23.6. The Bertz CT molecular complexity index is 1370. The molecule has 0 saturated heterocycles. The van der Waals surface area contributed by atoms with E-state index in [4.69, 9.17) is 5.26 Å². The van der Waals surface area contributed by atoms with E-state index in [1.165, 1.54) is 13.0 Å². The Labute approximate surface area is 200 Å². The van der Waals surface area contributed by atoms with Crippen molar-refractivity contribution in [1.29, 1.82) is 0 Å². The molecule has 0 unspecified atom stereocenters. The zero-order valence-corrected chi connectivity index (χ0v) is 19.2. The Kier molecular flexibility index (Phi) is 8.35. The molecule has 0 saturated carbocycles. The summed E-state index contributed by atoms with van der Waals surface area (Å²) in [4.78, 5) is 9.80. The summed E-state index contributed by atoms with van der Waals surface area (Å²) in [7, 11) is -4.54. The molecule has 174 valence electrons. The smallest absolute Gasteiger partial charge is 0.294 e. The molecule has 0 spiro atoms. The maximum atomic E-state index is 11.5. The van der Waals surface area contributed by atoms with Gasteiger partial charge < -0.3 is 10.2 Å². The van der Waals surface area contributed by atoms with Crippen LogP contribution in [0.25, 0.3) is 10.8 Å². The monoisotopic (exact) mass is 535 g/mol. The van der Waals surface area contributed by atoms with E-state index in [9.17, 15) is 33.3 Å². The molecular formula is C17H13CrN3O10S2. The number of aryl methyl sites for hydroxylation is 1. The molecule has 16 heteroatoms. The van der Waals surface area contributed by atoms with Gasteiger partial charge in [-0.25, -0.2) is 5.26 Å². The van der Waals surface area contributed by atoms with Crippen LogP contribution in [0.15, 0.2) is 56.4 Å². The van der Waals surface area contributed by atoms with Gasteiger partial charge in [-0.1, -0.05) is 5.04 Å². The number of nitro benzene ring substituents is 1. The molecule has 0 fully saturated rings. The minimum atomic E-state index is -4.54. The third-order valence-corrected chi connectivity index (χ3v) is 5.65. The van der Waals surface area contributed by atoms with Gasteiger partial charge in [0.2, 0.25) is 0 Å². The van der Waals surface area contributed by atoms with Crippen LogP contribution in [0.1, 0.15) is 5.56 Å². The number of hydrogen-bond donors (Lipinski definition) is 4. The minimum Gasteiger partial charge on any atom is -0.506 e. The van der Waals surface area contributed by atoms with Gasteiger partial charge in [0, 0.05) is 34.9 Å². The van der Waals surface area contributed by atoms with E-state index in [1.54, 1.807) is 0 Å². The minimum absolute atomic E-state index is 0. The standard InChI is InChI=1S/C17H13N3O10S2.Cr/c1-8-4-11(32(26,27)28)5-9-6-14(31-30-29-25)16(17(22)15(8)9)19-18-12-7-10(20(23)24)2-3-13(12)21;/h2-7,21-22,25H,1H3,(H,26,27,28);. The molecule has 3 aromatic carbocycles. The number of fused-ring (bicyclic) bond motifs is 1. The van der Waals surface area contributed by atoms with Crippen molar-refractivity contribution in [3.8, 4) is 11.5 Å². The van der Waals surface area contributed by atoms with Gasteiger partial charge in [-0.05, 0) is 42.1 Å². The van der Waals surface area contributed by atoms with Crippen LogP contribution in [0.2, 0.25) is 0 Å². The molecule has 13 nitrogen and oxygen atoms in total. The first kappa shape index (κ1) is 26.4. The summed E-state index contributed by atoms with van der Waals surface area (Å²) in [6, 6.07) is 6.60. The number of benzene rings is 3. The third kappa shape index (κ3) is 5.76. The number of phenolic OH excluding ortho intramolecular Hbond substituents is 2. The fourth-order valence-corrected chi connectivity index (χ4v) is 3.93. The molecule has 0 amide bonds. The third-order valence-electron chi connectivity index (χ3n) is 4.20. The van der Waals surface area contributed by atoms with Gasteiger partial charge in [0.15, 0.2) is 5.75 Å². The van der Waals surface area contributed by atoms with Gasteiger partial charge in [-0.3, -0.25) is 14.7 Å². The first-order valence-corrected chi connectivity index (χ1v) is 10.5. The number of nitrogens with zero attached hydrogens (tertiary/aromatic N) is 3. The molecule has 33 heavy (non-hydrogen) atoms. The van der Waals surface area contributed by atoms with Crippen molar-refractivity contribution in [2.24, 2.45) is 10.2 Å². The molecule has 4 N–H and O–H groups in total. The number of rotatable bonds is 7. The Morgan fingerprint density at radius 2 is 1.82 bits per heavy atom. The van der Waals surface area contributed by atoms with Crippen LogP contribution in [0.3, 0.4) is 0 Å². The molecule has 0 aliphatic heterocycles. The summed E-state index contributed by atoms with van der Waals surface area (Å²) in [5, 5.41) is 51.5. The van der Waals surface area contributed by atoms with Crippen LogP contribution in [0.5, 0.6) is 11.5 Å². The summed E-state index contributed by atoms with van der Waals surface area (Å²) in [5.41, 5.74) is -0.613. The van der Waals surface area contributed by atoms with Crippen molar-refractivity contribution < 1.29 is 60.1 Å². The van der Waals surface area contributed by atoms with Crippen LogP contribution in [0, 0.1) is 17.0 Å². The first-order valence-electron chi connectivity index (χ1n) is 8.34. The van der Waals surface area contributed by atoms with Crippen LogP contribution in [-0.4, -0.2) is 33.4 Å². The Morgan fingerprint density at radius 3 is 2.42 bits per heavy atom. The van der Waals surface area contributed by atoms with E-state index in [-0.39, 0.29) is 55.7 Å². The molecule has 0 radical (unpaired) electrons. The van der Waals surface area contributed by atoms with Crippen molar-refractivity contribution in [1.82, 2.24) is 0 Å². The molecule has 0 bridgehead atoms. The number of azo groups is 1. The molecular weight excluding hydrogens is 522 g/mol. The van der Waals surface area contributed by atoms with Gasteiger partial charge in [-0.2, -0.15) is 8.42 Å².